The van der Waals surface area contributed by atoms with Gasteiger partial charge in [0, 0.05) is 36.5 Å². The summed E-state index contributed by atoms with van der Waals surface area (Å²) in [6.07, 6.45) is 6.75. The molecule has 5 rings (SSSR count). The highest BCUT2D eigenvalue weighted by molar-refractivity contribution is 6.36. The quantitative estimate of drug-likeness (QED) is 0.418. The summed E-state index contributed by atoms with van der Waals surface area (Å²) in [4.78, 5) is 18.8. The lowest BCUT2D eigenvalue weighted by atomic mass is 9.99. The molecule has 0 bridgehead atoms. The average Bonchev–Trinajstić information content (AvgIpc) is 3.55. The van der Waals surface area contributed by atoms with Crippen LogP contribution in [0.15, 0.2) is 29.0 Å². The van der Waals surface area contributed by atoms with E-state index in [0.717, 1.165) is 30.5 Å². The van der Waals surface area contributed by atoms with Gasteiger partial charge in [0.15, 0.2) is 11.4 Å². The molecule has 2 aromatic heterocycles. The molecule has 7 nitrogen and oxygen atoms in total. The van der Waals surface area contributed by atoms with Crippen LogP contribution in [0.2, 0.25) is 10.0 Å². The summed E-state index contributed by atoms with van der Waals surface area (Å²) in [6, 6.07) is 0.518. The lowest BCUT2D eigenvalue weighted by Gasteiger charge is -2.28. The molecule has 2 atom stereocenters. The molecule has 0 unspecified atom stereocenters. The normalized spacial score (nSPS) is 19.0. The van der Waals surface area contributed by atoms with Crippen molar-refractivity contribution in [2.24, 2.45) is 0 Å². The number of nitrogen functional groups attached to an aromatic ring is 1. The SMILES string of the molecule is C[C@@H](Oc1c(N)ncc2c(C3=CCN(C(=O)[C@@H]4CCCN4)CC3)coc12)c1c(Cl)c(F)cc(F)c1Cl. The van der Waals surface area contributed by atoms with Crippen LogP contribution in [-0.2, 0) is 4.79 Å². The third-order valence-electron chi connectivity index (χ3n) is 6.67. The summed E-state index contributed by atoms with van der Waals surface area (Å²) >= 11 is 12.1. The lowest BCUT2D eigenvalue weighted by Crippen LogP contribution is -2.45. The second-order valence-corrected chi connectivity index (χ2v) is 9.68. The number of fused-ring (bicyclic) bond motifs is 1. The number of rotatable bonds is 5. The Morgan fingerprint density at radius 1 is 1.33 bits per heavy atom. The Labute approximate surface area is 216 Å². The van der Waals surface area contributed by atoms with E-state index in [4.69, 9.17) is 38.1 Å². The number of aromatic nitrogens is 1. The topological polar surface area (TPSA) is 93.6 Å². The summed E-state index contributed by atoms with van der Waals surface area (Å²) in [7, 11) is 0. The average molecular weight is 537 g/mol. The van der Waals surface area contributed by atoms with Crippen LogP contribution in [0.1, 0.15) is 43.4 Å². The van der Waals surface area contributed by atoms with Crippen LogP contribution in [-0.4, -0.2) is 41.5 Å². The van der Waals surface area contributed by atoms with E-state index in [1.165, 1.54) is 0 Å². The fourth-order valence-electron chi connectivity index (χ4n) is 4.76. The van der Waals surface area contributed by atoms with Gasteiger partial charge in [-0.3, -0.25) is 4.79 Å². The van der Waals surface area contributed by atoms with Crippen molar-refractivity contribution in [2.45, 2.75) is 38.3 Å². The van der Waals surface area contributed by atoms with Gasteiger partial charge in [-0.05, 0) is 38.3 Å². The number of anilines is 1. The molecule has 3 N–H and O–H groups in total. The minimum Gasteiger partial charge on any atom is -0.478 e. The molecule has 1 saturated heterocycles. The van der Waals surface area contributed by atoms with Crippen molar-refractivity contribution in [1.29, 1.82) is 0 Å². The molecule has 0 aliphatic carbocycles. The molecular formula is C25H24Cl2F2N4O3. The zero-order valence-electron chi connectivity index (χ0n) is 19.4. The number of amides is 1. The van der Waals surface area contributed by atoms with Gasteiger partial charge in [-0.15, -0.1) is 0 Å². The van der Waals surface area contributed by atoms with E-state index in [1.54, 1.807) is 19.4 Å². The number of hydrogen-bond donors (Lipinski definition) is 2. The predicted molar refractivity (Wildman–Crippen MR) is 134 cm³/mol. The van der Waals surface area contributed by atoms with E-state index >= 15 is 0 Å². The van der Waals surface area contributed by atoms with Crippen molar-refractivity contribution >= 4 is 51.5 Å². The number of furan rings is 1. The smallest absolute Gasteiger partial charge is 0.239 e. The first-order valence-corrected chi connectivity index (χ1v) is 12.4. The molecule has 36 heavy (non-hydrogen) atoms. The Morgan fingerprint density at radius 2 is 2.08 bits per heavy atom. The number of hydrogen-bond acceptors (Lipinski definition) is 6. The van der Waals surface area contributed by atoms with Crippen LogP contribution in [0.25, 0.3) is 16.5 Å². The van der Waals surface area contributed by atoms with Crippen molar-refractivity contribution in [3.63, 3.8) is 0 Å². The molecule has 2 aliphatic heterocycles. The Morgan fingerprint density at radius 3 is 2.72 bits per heavy atom. The standard InChI is InChI=1S/C25H24Cl2F2N4O3/c1-12(19-20(26)16(28)9-17(29)21(19)27)36-23-22-14(10-32-24(23)30)15(11-35-22)13-4-7-33(8-5-13)25(34)18-3-2-6-31-18/h4,9-12,18,31H,2-3,5-8H2,1H3,(H2,30,32)/t12-,18+/m1/s1. The maximum Gasteiger partial charge on any atom is 0.239 e. The molecule has 1 fully saturated rings. The molecule has 2 aliphatic rings. The number of pyridine rings is 1. The molecule has 4 heterocycles. The van der Waals surface area contributed by atoms with E-state index in [1.807, 2.05) is 11.0 Å². The van der Waals surface area contributed by atoms with E-state index in [9.17, 15) is 13.6 Å². The van der Waals surface area contributed by atoms with Crippen LogP contribution in [0, 0.1) is 11.6 Å². The molecule has 0 saturated carbocycles. The second-order valence-electron chi connectivity index (χ2n) is 8.92. The molecule has 3 aromatic rings. The van der Waals surface area contributed by atoms with Crippen molar-refractivity contribution < 1.29 is 22.7 Å². The summed E-state index contributed by atoms with van der Waals surface area (Å²) in [5.74, 6) is -1.62. The Kier molecular flexibility index (Phi) is 6.80. The minimum atomic E-state index is -0.962. The minimum absolute atomic E-state index is 0.0397. The highest BCUT2D eigenvalue weighted by Gasteiger charge is 2.29. The summed E-state index contributed by atoms with van der Waals surface area (Å²) < 4.78 is 39.9. The molecule has 0 spiro atoms. The van der Waals surface area contributed by atoms with Gasteiger partial charge < -0.3 is 25.1 Å². The van der Waals surface area contributed by atoms with Gasteiger partial charge in [-0.25, -0.2) is 13.8 Å². The van der Waals surface area contributed by atoms with Gasteiger partial charge in [0.1, 0.15) is 17.7 Å². The second kappa shape index (κ2) is 9.88. The monoisotopic (exact) mass is 536 g/mol. The van der Waals surface area contributed by atoms with Crippen LogP contribution in [0.3, 0.4) is 0 Å². The number of carbonyl (C=O) groups is 1. The van der Waals surface area contributed by atoms with Crippen LogP contribution in [0.4, 0.5) is 14.6 Å². The Hall–Kier alpha value is -2.88. The molecule has 0 radical (unpaired) electrons. The van der Waals surface area contributed by atoms with E-state index in [-0.39, 0.29) is 39.1 Å². The number of benzene rings is 1. The molecule has 11 heteroatoms. The third-order valence-corrected chi connectivity index (χ3v) is 7.44. The molecular weight excluding hydrogens is 513 g/mol. The van der Waals surface area contributed by atoms with Gasteiger partial charge in [0.05, 0.1) is 27.7 Å². The van der Waals surface area contributed by atoms with Gasteiger partial charge in [-0.1, -0.05) is 29.3 Å². The van der Waals surface area contributed by atoms with E-state index < -0.39 is 17.7 Å². The highest BCUT2D eigenvalue weighted by atomic mass is 35.5. The first-order valence-electron chi connectivity index (χ1n) is 11.6. The largest absolute Gasteiger partial charge is 0.478 e. The summed E-state index contributed by atoms with van der Waals surface area (Å²) in [5.41, 5.74) is 8.19. The van der Waals surface area contributed by atoms with Crippen molar-refractivity contribution in [3.8, 4) is 5.75 Å². The van der Waals surface area contributed by atoms with Crippen molar-refractivity contribution in [3.05, 3.63) is 57.4 Å². The van der Waals surface area contributed by atoms with E-state index in [2.05, 4.69) is 10.3 Å². The third kappa shape index (κ3) is 4.40. The van der Waals surface area contributed by atoms with Crippen LogP contribution >= 0.6 is 23.2 Å². The number of nitrogens with two attached hydrogens (primary N) is 1. The first kappa shape index (κ1) is 24.8. The van der Waals surface area contributed by atoms with Gasteiger partial charge in [0.25, 0.3) is 0 Å². The predicted octanol–water partition coefficient (Wildman–Crippen LogP) is 5.50. The van der Waals surface area contributed by atoms with Crippen LogP contribution < -0.4 is 15.8 Å². The molecule has 1 amide bonds. The van der Waals surface area contributed by atoms with Crippen molar-refractivity contribution in [2.75, 3.05) is 25.4 Å². The zero-order chi connectivity index (χ0) is 25.6. The van der Waals surface area contributed by atoms with Gasteiger partial charge >= 0.3 is 0 Å². The molecule has 190 valence electrons. The van der Waals surface area contributed by atoms with Crippen molar-refractivity contribution in [1.82, 2.24) is 15.2 Å². The maximum absolute atomic E-state index is 14.0. The van der Waals surface area contributed by atoms with Gasteiger partial charge in [-0.2, -0.15) is 0 Å². The highest BCUT2D eigenvalue weighted by Crippen LogP contribution is 2.42. The van der Waals surface area contributed by atoms with Crippen LogP contribution in [0.5, 0.6) is 5.75 Å². The molecule has 1 aromatic carbocycles. The maximum atomic E-state index is 14.0. The summed E-state index contributed by atoms with van der Waals surface area (Å²) in [5, 5.41) is 3.23. The zero-order valence-corrected chi connectivity index (χ0v) is 20.9. The number of carbonyl (C=O) groups excluding carboxylic acids is 1. The number of nitrogens with zero attached hydrogens (tertiary/aromatic N) is 2. The fourth-order valence-corrected chi connectivity index (χ4v) is 5.41. The summed E-state index contributed by atoms with van der Waals surface area (Å²) in [6.45, 7) is 3.52. The Bertz CT molecular complexity index is 1350. The number of ether oxygens (including phenoxy) is 1. The Balaban J connectivity index is 1.42. The lowest BCUT2D eigenvalue weighted by molar-refractivity contribution is -0.132. The first-order chi connectivity index (χ1) is 17.3. The van der Waals surface area contributed by atoms with E-state index in [0.29, 0.717) is 36.5 Å². The van der Waals surface area contributed by atoms with Gasteiger partial charge in [0.2, 0.25) is 11.7 Å². The number of nitrogens with one attached hydrogen (secondary N) is 1. The fraction of sp³-hybridized carbons (Fsp3) is 0.360. The number of halogens is 4.